The highest BCUT2D eigenvalue weighted by Gasteiger charge is 2.19. The first-order chi connectivity index (χ1) is 8.58. The van der Waals surface area contributed by atoms with Gasteiger partial charge in [-0.3, -0.25) is 4.79 Å². The molecule has 1 unspecified atom stereocenters. The van der Waals surface area contributed by atoms with Crippen molar-refractivity contribution >= 4 is 5.91 Å². The topological polar surface area (TPSA) is 77.2 Å². The first kappa shape index (κ1) is 12.8. The van der Waals surface area contributed by atoms with Crippen molar-refractivity contribution in [3.63, 3.8) is 0 Å². The molecule has 18 heavy (non-hydrogen) atoms. The fourth-order valence-corrected chi connectivity index (χ4v) is 2.29. The number of hydrogen-bond acceptors (Lipinski definition) is 4. The van der Waals surface area contributed by atoms with E-state index in [0.29, 0.717) is 24.1 Å². The average Bonchev–Trinajstić information content (AvgIpc) is 2.77. The second-order valence-corrected chi connectivity index (χ2v) is 4.73. The number of hydrogen-bond donors (Lipinski definition) is 2. The Labute approximate surface area is 107 Å². The molecule has 5 heteroatoms. The van der Waals surface area contributed by atoms with Crippen molar-refractivity contribution in [1.82, 2.24) is 10.3 Å². The molecule has 2 heterocycles. The Kier molecular flexibility index (Phi) is 3.81. The number of aryl methyl sites for hydroxylation is 2. The van der Waals surface area contributed by atoms with Crippen LogP contribution in [0.15, 0.2) is 6.07 Å². The van der Waals surface area contributed by atoms with Gasteiger partial charge in [-0.25, -0.2) is 4.98 Å². The second-order valence-electron chi connectivity index (χ2n) is 4.73. The van der Waals surface area contributed by atoms with Crippen molar-refractivity contribution in [2.75, 3.05) is 13.2 Å². The molecule has 1 aliphatic rings. The third-order valence-electron chi connectivity index (χ3n) is 3.14. The van der Waals surface area contributed by atoms with E-state index in [1.165, 1.54) is 0 Å². The molecule has 1 saturated heterocycles. The van der Waals surface area contributed by atoms with Crippen LogP contribution in [0.3, 0.4) is 0 Å². The van der Waals surface area contributed by atoms with Gasteiger partial charge in [0.1, 0.15) is 12.2 Å². The number of pyridine rings is 1. The molecule has 1 aromatic heterocycles. The second kappa shape index (κ2) is 5.35. The normalized spacial score (nSPS) is 18.9. The summed E-state index contributed by atoms with van der Waals surface area (Å²) in [7, 11) is 0. The van der Waals surface area contributed by atoms with E-state index in [4.69, 9.17) is 10.5 Å². The first-order valence-corrected chi connectivity index (χ1v) is 6.22. The lowest BCUT2D eigenvalue weighted by Crippen LogP contribution is -2.29. The van der Waals surface area contributed by atoms with Crippen molar-refractivity contribution < 1.29 is 9.53 Å². The van der Waals surface area contributed by atoms with E-state index in [-0.39, 0.29) is 0 Å². The Hall–Kier alpha value is -1.62. The van der Waals surface area contributed by atoms with Gasteiger partial charge in [-0.1, -0.05) is 0 Å². The van der Waals surface area contributed by atoms with Crippen LogP contribution in [-0.2, 0) is 0 Å². The van der Waals surface area contributed by atoms with E-state index in [2.05, 4.69) is 10.3 Å². The first-order valence-electron chi connectivity index (χ1n) is 6.22. The van der Waals surface area contributed by atoms with Gasteiger partial charge in [-0.05, 0) is 44.9 Å². The minimum Gasteiger partial charge on any atom is -0.475 e. The Balaban J connectivity index is 2.16. The van der Waals surface area contributed by atoms with Gasteiger partial charge in [-0.2, -0.15) is 0 Å². The number of nitrogens with two attached hydrogens (primary N) is 1. The number of nitrogens with zero attached hydrogens (tertiary/aromatic N) is 1. The summed E-state index contributed by atoms with van der Waals surface area (Å²) in [6, 6.07) is 2.18. The van der Waals surface area contributed by atoms with Crippen LogP contribution in [0.1, 0.15) is 34.5 Å². The van der Waals surface area contributed by atoms with Gasteiger partial charge in [0, 0.05) is 11.7 Å². The summed E-state index contributed by atoms with van der Waals surface area (Å²) in [5, 5.41) is 3.34. The Morgan fingerprint density at radius 2 is 2.39 bits per heavy atom. The largest absolute Gasteiger partial charge is 0.475 e. The summed E-state index contributed by atoms with van der Waals surface area (Å²) >= 11 is 0. The van der Waals surface area contributed by atoms with Crippen LogP contribution in [0.4, 0.5) is 0 Å². The molecule has 0 radical (unpaired) electrons. The van der Waals surface area contributed by atoms with E-state index in [1.807, 2.05) is 19.9 Å². The lowest BCUT2D eigenvalue weighted by Gasteiger charge is -2.15. The number of carbonyl (C=O) groups is 1. The van der Waals surface area contributed by atoms with E-state index in [1.54, 1.807) is 0 Å². The maximum atomic E-state index is 11.4. The fourth-order valence-electron chi connectivity index (χ4n) is 2.29. The van der Waals surface area contributed by atoms with Crippen LogP contribution < -0.4 is 15.8 Å². The van der Waals surface area contributed by atoms with E-state index in [9.17, 15) is 4.79 Å². The quantitative estimate of drug-likeness (QED) is 0.832. The highest BCUT2D eigenvalue weighted by molar-refractivity contribution is 5.96. The Morgan fingerprint density at radius 1 is 1.61 bits per heavy atom. The van der Waals surface area contributed by atoms with E-state index in [0.717, 1.165) is 30.6 Å². The highest BCUT2D eigenvalue weighted by atomic mass is 16.5. The molecule has 1 aliphatic heterocycles. The van der Waals surface area contributed by atoms with Crippen molar-refractivity contribution in [2.45, 2.75) is 32.7 Å². The monoisotopic (exact) mass is 249 g/mol. The molecule has 1 aromatic rings. The highest BCUT2D eigenvalue weighted by Crippen LogP contribution is 2.21. The molecule has 1 fully saturated rings. The minimum absolute atomic E-state index is 0.341. The molecule has 2 rings (SSSR count). The maximum Gasteiger partial charge on any atom is 0.254 e. The number of primary amides is 1. The summed E-state index contributed by atoms with van der Waals surface area (Å²) in [6.45, 7) is 5.26. The smallest absolute Gasteiger partial charge is 0.254 e. The van der Waals surface area contributed by atoms with Crippen molar-refractivity contribution in [3.05, 3.63) is 22.9 Å². The summed E-state index contributed by atoms with van der Waals surface area (Å²) in [5.41, 5.74) is 7.40. The van der Waals surface area contributed by atoms with Crippen LogP contribution in [0, 0.1) is 13.8 Å². The molecule has 5 nitrogen and oxygen atoms in total. The Bertz CT molecular complexity index is 454. The molecule has 1 atom stereocenters. The molecule has 0 bridgehead atoms. The van der Waals surface area contributed by atoms with Gasteiger partial charge < -0.3 is 15.8 Å². The fraction of sp³-hybridized carbons (Fsp3) is 0.538. The van der Waals surface area contributed by atoms with Gasteiger partial charge in [0.2, 0.25) is 5.88 Å². The molecule has 0 saturated carbocycles. The van der Waals surface area contributed by atoms with Crippen molar-refractivity contribution in [1.29, 1.82) is 0 Å². The van der Waals surface area contributed by atoms with Gasteiger partial charge >= 0.3 is 0 Å². The number of amides is 1. The van der Waals surface area contributed by atoms with Crippen molar-refractivity contribution in [3.8, 4) is 5.88 Å². The summed E-state index contributed by atoms with van der Waals surface area (Å²) in [5.74, 6) is -0.136. The summed E-state index contributed by atoms with van der Waals surface area (Å²) in [6.07, 6.45) is 2.26. The molecule has 0 aromatic carbocycles. The van der Waals surface area contributed by atoms with Gasteiger partial charge in [0.05, 0.1) is 0 Å². The predicted molar refractivity (Wildman–Crippen MR) is 68.7 cm³/mol. The molecule has 0 spiro atoms. The van der Waals surface area contributed by atoms with Gasteiger partial charge in [0.25, 0.3) is 5.91 Å². The zero-order chi connectivity index (χ0) is 13.1. The molecule has 98 valence electrons. The SMILES string of the molecule is Cc1cc(C)c(C(N)=O)c(OCC2CCCN2)n1. The van der Waals surface area contributed by atoms with Crippen LogP contribution in [0.5, 0.6) is 5.88 Å². The minimum atomic E-state index is -0.491. The number of rotatable bonds is 4. The third kappa shape index (κ3) is 2.79. The summed E-state index contributed by atoms with van der Waals surface area (Å²) < 4.78 is 5.67. The van der Waals surface area contributed by atoms with Crippen LogP contribution in [0.2, 0.25) is 0 Å². The van der Waals surface area contributed by atoms with Gasteiger partial charge in [0.15, 0.2) is 0 Å². The van der Waals surface area contributed by atoms with E-state index >= 15 is 0 Å². The van der Waals surface area contributed by atoms with E-state index < -0.39 is 5.91 Å². The van der Waals surface area contributed by atoms with Crippen LogP contribution in [0.25, 0.3) is 0 Å². The number of carbonyl (C=O) groups excluding carboxylic acids is 1. The maximum absolute atomic E-state index is 11.4. The molecular formula is C13H19N3O2. The molecular weight excluding hydrogens is 230 g/mol. The lowest BCUT2D eigenvalue weighted by atomic mass is 10.1. The third-order valence-corrected chi connectivity index (χ3v) is 3.14. The number of aromatic nitrogens is 1. The summed E-state index contributed by atoms with van der Waals surface area (Å²) in [4.78, 5) is 15.7. The average molecular weight is 249 g/mol. The number of nitrogens with one attached hydrogen (secondary N) is 1. The zero-order valence-electron chi connectivity index (χ0n) is 10.8. The molecule has 1 amide bonds. The molecule has 3 N–H and O–H groups in total. The lowest BCUT2D eigenvalue weighted by molar-refractivity contribution is 0.0994. The predicted octanol–water partition coefficient (Wildman–Crippen LogP) is 0.928. The molecule has 0 aliphatic carbocycles. The Morgan fingerprint density at radius 3 is 3.00 bits per heavy atom. The van der Waals surface area contributed by atoms with Crippen LogP contribution in [-0.4, -0.2) is 30.1 Å². The van der Waals surface area contributed by atoms with Crippen LogP contribution >= 0.6 is 0 Å². The van der Waals surface area contributed by atoms with Gasteiger partial charge in [-0.15, -0.1) is 0 Å². The number of ether oxygens (including phenoxy) is 1. The standard InChI is InChI=1S/C13H19N3O2/c1-8-6-9(2)16-13(11(8)12(14)17)18-7-10-4-3-5-15-10/h6,10,15H,3-5,7H2,1-2H3,(H2,14,17). The zero-order valence-corrected chi connectivity index (χ0v) is 10.8. The van der Waals surface area contributed by atoms with Crippen molar-refractivity contribution in [2.24, 2.45) is 5.73 Å².